The third kappa shape index (κ3) is 2.50. The Morgan fingerprint density at radius 3 is 2.50 bits per heavy atom. The Morgan fingerprint density at radius 2 is 1.75 bits per heavy atom. The van der Waals surface area contributed by atoms with Crippen molar-refractivity contribution in [3.8, 4) is 0 Å². The predicted molar refractivity (Wildman–Crippen MR) is 89.2 cm³/mol. The highest BCUT2D eigenvalue weighted by atomic mass is 127. The molecule has 2 nitrogen and oxygen atoms in total. The SMILES string of the molecule is O=CC1c2ccccc2C(I)=CN1Cc1ccccc1. The third-order valence-corrected chi connectivity index (χ3v) is 4.37. The molecule has 0 fully saturated rings. The summed E-state index contributed by atoms with van der Waals surface area (Å²) in [6.07, 6.45) is 3.11. The minimum atomic E-state index is -0.204. The Balaban J connectivity index is 1.97. The molecule has 0 aliphatic carbocycles. The average molecular weight is 375 g/mol. The number of hydrogen-bond acceptors (Lipinski definition) is 2. The van der Waals surface area contributed by atoms with Gasteiger partial charge < -0.3 is 9.69 Å². The fourth-order valence-corrected chi connectivity index (χ4v) is 3.39. The van der Waals surface area contributed by atoms with Gasteiger partial charge in [0.2, 0.25) is 0 Å². The van der Waals surface area contributed by atoms with Crippen molar-refractivity contribution in [2.75, 3.05) is 0 Å². The Kier molecular flexibility index (Phi) is 3.87. The lowest BCUT2D eigenvalue weighted by Gasteiger charge is -2.32. The minimum Gasteiger partial charge on any atom is -0.358 e. The maximum absolute atomic E-state index is 11.6. The van der Waals surface area contributed by atoms with Crippen LogP contribution in [0.4, 0.5) is 0 Å². The molecule has 1 aliphatic rings. The number of benzene rings is 2. The summed E-state index contributed by atoms with van der Waals surface area (Å²) < 4.78 is 1.17. The molecular weight excluding hydrogens is 361 g/mol. The van der Waals surface area contributed by atoms with Crippen molar-refractivity contribution in [2.24, 2.45) is 0 Å². The van der Waals surface area contributed by atoms with Crippen LogP contribution in [0.1, 0.15) is 22.7 Å². The number of carbonyl (C=O) groups is 1. The average Bonchev–Trinajstić information content (AvgIpc) is 2.49. The summed E-state index contributed by atoms with van der Waals surface area (Å²) in [7, 11) is 0. The van der Waals surface area contributed by atoms with Crippen LogP contribution in [0.5, 0.6) is 0 Å². The van der Waals surface area contributed by atoms with Gasteiger partial charge in [-0.3, -0.25) is 0 Å². The van der Waals surface area contributed by atoms with Crippen LogP contribution in [0.15, 0.2) is 60.8 Å². The lowest BCUT2D eigenvalue weighted by atomic mass is 9.96. The number of halogens is 1. The van der Waals surface area contributed by atoms with Gasteiger partial charge in [-0.2, -0.15) is 0 Å². The molecule has 0 aromatic heterocycles. The second-order valence-electron chi connectivity index (χ2n) is 4.80. The van der Waals surface area contributed by atoms with Crippen LogP contribution in [-0.2, 0) is 11.3 Å². The number of carbonyl (C=O) groups excluding carboxylic acids is 1. The molecule has 0 spiro atoms. The lowest BCUT2D eigenvalue weighted by Crippen LogP contribution is -2.28. The number of aldehydes is 1. The Bertz CT molecular complexity index is 651. The molecule has 0 amide bonds. The van der Waals surface area contributed by atoms with Crippen molar-refractivity contribution in [1.82, 2.24) is 4.90 Å². The standard InChI is InChI=1S/C17H14INO/c18-16-11-19(10-13-6-2-1-3-7-13)17(12-20)15-9-5-4-8-14(15)16/h1-9,11-12,17H,10H2. The highest BCUT2D eigenvalue weighted by Crippen LogP contribution is 2.37. The van der Waals surface area contributed by atoms with Crippen molar-refractivity contribution < 1.29 is 4.79 Å². The summed E-state index contributed by atoms with van der Waals surface area (Å²) in [4.78, 5) is 13.7. The summed E-state index contributed by atoms with van der Waals surface area (Å²) in [5, 5.41) is 0. The van der Waals surface area contributed by atoms with Crippen LogP contribution >= 0.6 is 22.6 Å². The fraction of sp³-hybridized carbons (Fsp3) is 0.118. The van der Waals surface area contributed by atoms with Crippen molar-refractivity contribution in [3.63, 3.8) is 0 Å². The Hall–Kier alpha value is -1.62. The van der Waals surface area contributed by atoms with Gasteiger partial charge in [-0.25, -0.2) is 0 Å². The van der Waals surface area contributed by atoms with Crippen molar-refractivity contribution in [1.29, 1.82) is 0 Å². The van der Waals surface area contributed by atoms with E-state index in [-0.39, 0.29) is 6.04 Å². The van der Waals surface area contributed by atoms with E-state index in [9.17, 15) is 4.79 Å². The summed E-state index contributed by atoms with van der Waals surface area (Å²) in [6, 6.07) is 18.1. The maximum Gasteiger partial charge on any atom is 0.147 e. The first-order valence-corrected chi connectivity index (χ1v) is 7.59. The van der Waals surface area contributed by atoms with E-state index < -0.39 is 0 Å². The molecule has 1 heterocycles. The van der Waals surface area contributed by atoms with E-state index in [2.05, 4.69) is 51.9 Å². The summed E-state index contributed by atoms with van der Waals surface area (Å²) in [5.41, 5.74) is 3.46. The predicted octanol–water partition coefficient (Wildman–Crippen LogP) is 4.18. The van der Waals surface area contributed by atoms with E-state index in [4.69, 9.17) is 0 Å². The zero-order chi connectivity index (χ0) is 13.9. The van der Waals surface area contributed by atoms with Gasteiger partial charge in [-0.15, -0.1) is 0 Å². The van der Waals surface area contributed by atoms with Gasteiger partial charge in [-0.05, 0) is 39.3 Å². The lowest BCUT2D eigenvalue weighted by molar-refractivity contribution is -0.112. The molecule has 2 aromatic rings. The molecule has 0 saturated carbocycles. The summed E-state index contributed by atoms with van der Waals surface area (Å²) in [6.45, 7) is 0.741. The van der Waals surface area contributed by atoms with Gasteiger partial charge in [0, 0.05) is 16.3 Å². The summed E-state index contributed by atoms with van der Waals surface area (Å²) >= 11 is 2.34. The highest BCUT2D eigenvalue weighted by molar-refractivity contribution is 14.1. The molecule has 1 unspecified atom stereocenters. The molecule has 0 radical (unpaired) electrons. The van der Waals surface area contributed by atoms with Crippen molar-refractivity contribution in [3.05, 3.63) is 77.5 Å². The monoisotopic (exact) mass is 375 g/mol. The molecule has 100 valence electrons. The molecule has 3 rings (SSSR count). The van der Waals surface area contributed by atoms with Crippen molar-refractivity contribution in [2.45, 2.75) is 12.6 Å². The fourth-order valence-electron chi connectivity index (χ4n) is 2.54. The highest BCUT2D eigenvalue weighted by Gasteiger charge is 2.25. The molecule has 1 atom stereocenters. The maximum atomic E-state index is 11.6. The molecule has 1 aliphatic heterocycles. The first kappa shape index (κ1) is 13.4. The minimum absolute atomic E-state index is 0.204. The first-order chi connectivity index (χ1) is 9.79. The molecule has 2 aromatic carbocycles. The van der Waals surface area contributed by atoms with E-state index in [1.165, 1.54) is 9.14 Å². The molecule has 0 N–H and O–H groups in total. The Labute approximate surface area is 132 Å². The van der Waals surface area contributed by atoms with Crippen LogP contribution in [0.3, 0.4) is 0 Å². The van der Waals surface area contributed by atoms with Crippen LogP contribution < -0.4 is 0 Å². The smallest absolute Gasteiger partial charge is 0.147 e. The Morgan fingerprint density at radius 1 is 1.05 bits per heavy atom. The third-order valence-electron chi connectivity index (χ3n) is 3.51. The van der Waals surface area contributed by atoms with Crippen LogP contribution in [-0.4, -0.2) is 11.2 Å². The molecule has 20 heavy (non-hydrogen) atoms. The van der Waals surface area contributed by atoms with Crippen LogP contribution in [0.25, 0.3) is 3.58 Å². The van der Waals surface area contributed by atoms with Crippen LogP contribution in [0, 0.1) is 0 Å². The number of rotatable bonds is 3. The van der Waals surface area contributed by atoms with Crippen LogP contribution in [0.2, 0.25) is 0 Å². The molecule has 0 saturated heterocycles. The normalized spacial score (nSPS) is 17.4. The second kappa shape index (κ2) is 5.79. The largest absolute Gasteiger partial charge is 0.358 e. The topological polar surface area (TPSA) is 20.3 Å². The molecule has 0 bridgehead atoms. The van der Waals surface area contributed by atoms with Gasteiger partial charge in [0.15, 0.2) is 0 Å². The van der Waals surface area contributed by atoms with Crippen molar-refractivity contribution >= 4 is 32.5 Å². The van der Waals surface area contributed by atoms with Gasteiger partial charge in [-0.1, -0.05) is 54.6 Å². The number of hydrogen-bond donors (Lipinski definition) is 0. The zero-order valence-corrected chi connectivity index (χ0v) is 13.0. The van der Waals surface area contributed by atoms with E-state index in [0.29, 0.717) is 0 Å². The van der Waals surface area contributed by atoms with Gasteiger partial charge >= 0.3 is 0 Å². The van der Waals surface area contributed by atoms with Gasteiger partial charge in [0.1, 0.15) is 12.3 Å². The van der Waals surface area contributed by atoms with E-state index in [0.717, 1.165) is 24.0 Å². The second-order valence-corrected chi connectivity index (χ2v) is 5.97. The number of fused-ring (bicyclic) bond motifs is 1. The van der Waals surface area contributed by atoms with E-state index in [1.54, 1.807) is 0 Å². The number of nitrogens with zero attached hydrogens (tertiary/aromatic N) is 1. The zero-order valence-electron chi connectivity index (χ0n) is 10.9. The molecular formula is C17H14INO. The quantitative estimate of drug-likeness (QED) is 0.593. The van der Waals surface area contributed by atoms with E-state index >= 15 is 0 Å². The van der Waals surface area contributed by atoms with E-state index in [1.807, 2.05) is 36.4 Å². The van der Waals surface area contributed by atoms with Gasteiger partial charge in [0.25, 0.3) is 0 Å². The first-order valence-electron chi connectivity index (χ1n) is 6.51. The van der Waals surface area contributed by atoms with Gasteiger partial charge in [0.05, 0.1) is 0 Å². The summed E-state index contributed by atoms with van der Waals surface area (Å²) in [5.74, 6) is 0. The molecule has 3 heteroatoms.